The average Bonchev–Trinajstić information content (AvgIpc) is 3.11. The van der Waals surface area contributed by atoms with Gasteiger partial charge in [0.1, 0.15) is 5.82 Å². The van der Waals surface area contributed by atoms with Crippen LogP contribution in [0.1, 0.15) is 36.8 Å². The van der Waals surface area contributed by atoms with Crippen LogP contribution in [0.3, 0.4) is 0 Å². The largest absolute Gasteiger partial charge is 0.357 e. The van der Waals surface area contributed by atoms with Gasteiger partial charge >= 0.3 is 0 Å². The molecule has 2 aromatic carbocycles. The summed E-state index contributed by atoms with van der Waals surface area (Å²) in [5.41, 5.74) is 5.59. The maximum absolute atomic E-state index is 4.91. The quantitative estimate of drug-likeness (QED) is 0.409. The van der Waals surface area contributed by atoms with E-state index in [9.17, 15) is 0 Å². The van der Waals surface area contributed by atoms with Crippen molar-refractivity contribution in [1.29, 1.82) is 0 Å². The van der Waals surface area contributed by atoms with Gasteiger partial charge in [-0.1, -0.05) is 67.4 Å². The lowest BCUT2D eigenvalue weighted by Gasteiger charge is -2.21. The molecule has 0 atom stereocenters. The van der Waals surface area contributed by atoms with Crippen LogP contribution in [0.15, 0.2) is 85.2 Å². The zero-order chi connectivity index (χ0) is 22.3. The lowest BCUT2D eigenvalue weighted by Crippen LogP contribution is -2.24. The molecule has 4 aromatic rings. The number of aromatic nitrogens is 3. The van der Waals surface area contributed by atoms with Gasteiger partial charge in [-0.25, -0.2) is 9.67 Å². The van der Waals surface area contributed by atoms with Crippen LogP contribution in [0.4, 0.5) is 5.82 Å². The van der Waals surface area contributed by atoms with Crippen LogP contribution >= 0.6 is 0 Å². The fourth-order valence-electron chi connectivity index (χ4n) is 4.44. The van der Waals surface area contributed by atoms with Gasteiger partial charge < -0.3 is 10.2 Å². The van der Waals surface area contributed by atoms with Crippen molar-refractivity contribution >= 4 is 5.82 Å². The lowest BCUT2D eigenvalue weighted by molar-refractivity contribution is 0.691. The van der Waals surface area contributed by atoms with Crippen molar-refractivity contribution < 1.29 is 0 Å². The predicted molar refractivity (Wildman–Crippen MR) is 134 cm³/mol. The molecule has 1 aliphatic heterocycles. The molecule has 0 bridgehead atoms. The number of anilines is 1. The summed E-state index contributed by atoms with van der Waals surface area (Å²) < 4.78 is 1.97. The Labute approximate surface area is 196 Å². The number of nitrogens with zero attached hydrogens (tertiary/aromatic N) is 4. The maximum atomic E-state index is 4.91. The van der Waals surface area contributed by atoms with Crippen molar-refractivity contribution in [3.8, 4) is 16.9 Å². The highest BCUT2D eigenvalue weighted by Crippen LogP contribution is 2.24. The van der Waals surface area contributed by atoms with Crippen LogP contribution in [0.25, 0.3) is 16.9 Å². The second-order valence-electron chi connectivity index (χ2n) is 8.68. The predicted octanol–water partition coefficient (Wildman–Crippen LogP) is 5.60. The van der Waals surface area contributed by atoms with Crippen LogP contribution in [-0.2, 0) is 13.1 Å². The molecule has 1 N–H and O–H groups in total. The Balaban J connectivity index is 1.27. The first-order valence-electron chi connectivity index (χ1n) is 12.0. The van der Waals surface area contributed by atoms with Crippen molar-refractivity contribution in [3.63, 3.8) is 0 Å². The zero-order valence-corrected chi connectivity index (χ0v) is 19.0. The van der Waals surface area contributed by atoms with Gasteiger partial charge in [-0.3, -0.25) is 0 Å². The zero-order valence-electron chi connectivity index (χ0n) is 19.0. The maximum Gasteiger partial charge on any atom is 0.128 e. The number of para-hydroxylation sites is 1. The van der Waals surface area contributed by atoms with Crippen molar-refractivity contribution in [2.24, 2.45) is 0 Å². The first kappa shape index (κ1) is 21.4. The van der Waals surface area contributed by atoms with Gasteiger partial charge in [-0.2, -0.15) is 5.10 Å². The van der Waals surface area contributed by atoms with Crippen LogP contribution < -0.4 is 10.2 Å². The van der Waals surface area contributed by atoms with Gasteiger partial charge in [0.2, 0.25) is 0 Å². The van der Waals surface area contributed by atoms with Crippen LogP contribution in [0.2, 0.25) is 0 Å². The van der Waals surface area contributed by atoms with E-state index >= 15 is 0 Å². The molecule has 0 spiro atoms. The summed E-state index contributed by atoms with van der Waals surface area (Å²) in [6.45, 7) is 3.76. The standard InChI is InChI=1S/C28H31N5/c1-2-10-18-32(17-9-1)27-16-15-23(20-30-27)19-29-21-25-22-33(26-13-7-4-8-14-26)31-28(25)24-11-5-3-6-12-24/h3-8,11-16,20,22,29H,1-2,9-10,17-19,21H2. The lowest BCUT2D eigenvalue weighted by atomic mass is 10.1. The van der Waals surface area contributed by atoms with Gasteiger partial charge in [0.25, 0.3) is 0 Å². The molecule has 5 heteroatoms. The number of hydrogen-bond acceptors (Lipinski definition) is 4. The van der Waals surface area contributed by atoms with Gasteiger partial charge in [-0.15, -0.1) is 0 Å². The molecule has 1 saturated heterocycles. The Bertz CT molecular complexity index is 1130. The first-order chi connectivity index (χ1) is 16.4. The SMILES string of the molecule is c1ccc(-c2nn(-c3ccccc3)cc2CNCc2ccc(N3CCCCCC3)nc2)cc1. The highest BCUT2D eigenvalue weighted by atomic mass is 15.3. The monoisotopic (exact) mass is 437 g/mol. The highest BCUT2D eigenvalue weighted by molar-refractivity contribution is 5.63. The number of nitrogens with one attached hydrogen (secondary N) is 1. The third-order valence-corrected chi connectivity index (χ3v) is 6.24. The van der Waals surface area contributed by atoms with Crippen molar-refractivity contribution in [2.45, 2.75) is 38.8 Å². The Morgan fingerprint density at radius 1 is 0.758 bits per heavy atom. The summed E-state index contributed by atoms with van der Waals surface area (Å²) in [6.07, 6.45) is 9.36. The summed E-state index contributed by atoms with van der Waals surface area (Å²) in [5.74, 6) is 1.11. The van der Waals surface area contributed by atoms with Crippen molar-refractivity contribution in [3.05, 3.63) is 96.3 Å². The molecular weight excluding hydrogens is 406 g/mol. The summed E-state index contributed by atoms with van der Waals surface area (Å²) in [7, 11) is 0. The van der Waals surface area contributed by atoms with E-state index in [4.69, 9.17) is 10.1 Å². The van der Waals surface area contributed by atoms with E-state index in [1.165, 1.54) is 36.8 Å². The number of pyridine rings is 1. The molecule has 168 valence electrons. The van der Waals surface area contributed by atoms with Gasteiger partial charge in [0.05, 0.1) is 11.4 Å². The smallest absolute Gasteiger partial charge is 0.128 e. The molecule has 1 fully saturated rings. The van der Waals surface area contributed by atoms with Gasteiger partial charge in [-0.05, 0) is 36.6 Å². The minimum Gasteiger partial charge on any atom is -0.357 e. The molecule has 5 nitrogen and oxygen atoms in total. The van der Waals surface area contributed by atoms with Crippen molar-refractivity contribution in [1.82, 2.24) is 20.1 Å². The number of benzene rings is 2. The molecule has 0 aliphatic carbocycles. The molecular formula is C28H31N5. The third-order valence-electron chi connectivity index (χ3n) is 6.24. The fraction of sp³-hybridized carbons (Fsp3) is 0.286. The highest BCUT2D eigenvalue weighted by Gasteiger charge is 2.13. The van der Waals surface area contributed by atoms with E-state index in [0.717, 1.165) is 48.9 Å². The average molecular weight is 438 g/mol. The van der Waals surface area contributed by atoms with E-state index in [1.54, 1.807) is 0 Å². The van der Waals surface area contributed by atoms with E-state index in [1.807, 2.05) is 35.1 Å². The van der Waals surface area contributed by atoms with E-state index in [2.05, 4.69) is 64.9 Å². The number of hydrogen-bond donors (Lipinski definition) is 1. The van der Waals surface area contributed by atoms with Crippen molar-refractivity contribution in [2.75, 3.05) is 18.0 Å². The minimum atomic E-state index is 0.741. The Morgan fingerprint density at radius 2 is 1.48 bits per heavy atom. The van der Waals surface area contributed by atoms with Crippen LogP contribution in [-0.4, -0.2) is 27.9 Å². The van der Waals surface area contributed by atoms with Gasteiger partial charge in [0.15, 0.2) is 0 Å². The van der Waals surface area contributed by atoms with Gasteiger partial charge in [0, 0.05) is 49.7 Å². The van der Waals surface area contributed by atoms with Crippen LogP contribution in [0.5, 0.6) is 0 Å². The van der Waals surface area contributed by atoms with E-state index in [0.29, 0.717) is 0 Å². The number of rotatable bonds is 7. The molecule has 5 rings (SSSR count). The summed E-state index contributed by atoms with van der Waals surface area (Å²) in [5, 5.41) is 8.50. The topological polar surface area (TPSA) is 46.0 Å². The van der Waals surface area contributed by atoms with E-state index in [-0.39, 0.29) is 0 Å². The first-order valence-corrected chi connectivity index (χ1v) is 12.0. The summed E-state index contributed by atoms with van der Waals surface area (Å²) in [6, 6.07) is 25.0. The molecule has 2 aromatic heterocycles. The molecule has 0 amide bonds. The fourth-order valence-corrected chi connectivity index (χ4v) is 4.44. The third kappa shape index (κ3) is 5.32. The van der Waals surface area contributed by atoms with Crippen LogP contribution in [0, 0.1) is 0 Å². The Hall–Kier alpha value is -3.44. The second-order valence-corrected chi connectivity index (χ2v) is 8.68. The Morgan fingerprint density at radius 3 is 2.18 bits per heavy atom. The Kier molecular flexibility index (Phi) is 6.78. The van der Waals surface area contributed by atoms with E-state index < -0.39 is 0 Å². The minimum absolute atomic E-state index is 0.741. The normalized spacial score (nSPS) is 14.2. The molecule has 0 radical (unpaired) electrons. The summed E-state index contributed by atoms with van der Waals surface area (Å²) in [4.78, 5) is 7.17. The molecule has 0 unspecified atom stereocenters. The second kappa shape index (κ2) is 10.5. The molecule has 0 saturated carbocycles. The molecule has 1 aliphatic rings. The molecule has 33 heavy (non-hydrogen) atoms. The molecule has 3 heterocycles. The summed E-state index contributed by atoms with van der Waals surface area (Å²) >= 11 is 0.